The van der Waals surface area contributed by atoms with Crippen molar-refractivity contribution >= 4 is 54.7 Å². The molecule has 5 unspecified atom stereocenters. The Morgan fingerprint density at radius 1 is 0.807 bits per heavy atom. The van der Waals surface area contributed by atoms with E-state index in [1.165, 1.54) is 24.3 Å². The lowest BCUT2D eigenvalue weighted by molar-refractivity contribution is -0.140. The molecule has 8 amide bonds. The van der Waals surface area contributed by atoms with Crippen molar-refractivity contribution in [2.75, 3.05) is 26.1 Å². The molecule has 10 N–H and O–H groups in total. The van der Waals surface area contributed by atoms with E-state index in [2.05, 4.69) is 51.0 Å². The minimum Gasteiger partial charge on any atom is -0.452 e. The van der Waals surface area contributed by atoms with Crippen LogP contribution in [0.15, 0.2) is 48.5 Å². The van der Waals surface area contributed by atoms with Gasteiger partial charge < -0.3 is 52.7 Å². The Kier molecular flexibility index (Phi) is 18.1. The monoisotopic (exact) mass is 791 g/mol. The second-order valence-corrected chi connectivity index (χ2v) is 13.7. The molecular formula is C38H52BN8O10. The number of nitrogens with one attached hydrogen (secondary N) is 6. The van der Waals surface area contributed by atoms with Crippen molar-refractivity contribution in [3.05, 3.63) is 59.7 Å². The van der Waals surface area contributed by atoms with E-state index in [-0.39, 0.29) is 25.0 Å². The van der Waals surface area contributed by atoms with Crippen molar-refractivity contribution in [1.29, 1.82) is 0 Å². The third-order valence-corrected chi connectivity index (χ3v) is 9.26. The first kappa shape index (κ1) is 45.6. The van der Waals surface area contributed by atoms with Crippen molar-refractivity contribution in [3.63, 3.8) is 0 Å². The number of aliphatic hydroxyl groups is 1. The molecule has 5 atom stereocenters. The Morgan fingerprint density at radius 2 is 1.44 bits per heavy atom. The molecule has 0 spiro atoms. The lowest BCUT2D eigenvalue weighted by Crippen LogP contribution is -2.57. The normalized spacial score (nSPS) is 15.5. The highest BCUT2D eigenvalue weighted by Crippen LogP contribution is 2.21. The average Bonchev–Trinajstić information content (AvgIpc) is 3.70. The molecule has 1 aliphatic rings. The molecule has 19 heteroatoms. The maximum Gasteiger partial charge on any atom is 0.308 e. The molecule has 1 saturated heterocycles. The highest BCUT2D eigenvalue weighted by Gasteiger charge is 2.36. The van der Waals surface area contributed by atoms with Gasteiger partial charge in [0.15, 0.2) is 0 Å². The number of hydrogen-bond acceptors (Lipinski definition) is 10. The number of benzene rings is 2. The fraction of sp³-hybridized carbons (Fsp3) is 0.474. The van der Waals surface area contributed by atoms with Gasteiger partial charge >= 0.3 is 7.48 Å². The average molecular weight is 792 g/mol. The standard InChI is InChI=1S/C38H52BN8O10/c1-4-5-7-24-9-11-25(12-10-24)26-13-15-27(16-14-26)35(53)46-29(20-48)37(55)43-22(2)33(51)41-19-32(50)47-17-6-8-30(47)38(56)44-23(3)34(52)45-28(18-31(40)49)36(54)42-21-39-57/h9-16,22-23,28-30,48,57H,4-8,17-21H2,1-3H3,(H2,40,49)(H,41,51)(H,42,54)(H,43,55)(H,44,56)(H,45,52)(H,46,53). The van der Waals surface area contributed by atoms with Crippen LogP contribution >= 0.6 is 0 Å². The zero-order valence-electron chi connectivity index (χ0n) is 32.3. The number of amides is 8. The van der Waals surface area contributed by atoms with Crippen molar-refractivity contribution < 1.29 is 48.5 Å². The summed E-state index contributed by atoms with van der Waals surface area (Å²) in [6.07, 6.45) is 3.18. The van der Waals surface area contributed by atoms with Gasteiger partial charge in [0, 0.05) is 18.6 Å². The van der Waals surface area contributed by atoms with E-state index in [0.29, 0.717) is 13.9 Å². The number of aryl methyl sites for hydroxylation is 1. The predicted molar refractivity (Wildman–Crippen MR) is 209 cm³/mol. The highest BCUT2D eigenvalue weighted by molar-refractivity contribution is 6.26. The number of hydrogen-bond donors (Lipinski definition) is 9. The van der Waals surface area contributed by atoms with Crippen molar-refractivity contribution in [2.24, 2.45) is 5.73 Å². The first-order chi connectivity index (χ1) is 27.2. The molecule has 3 rings (SSSR count). The summed E-state index contributed by atoms with van der Waals surface area (Å²) in [6.45, 7) is 3.75. The van der Waals surface area contributed by atoms with Gasteiger partial charge in [-0.2, -0.15) is 0 Å². The quantitative estimate of drug-likeness (QED) is 0.0625. The van der Waals surface area contributed by atoms with Crippen LogP contribution in [0, 0.1) is 0 Å². The molecule has 0 saturated carbocycles. The van der Waals surface area contributed by atoms with Crippen LogP contribution in [0.1, 0.15) is 68.8 Å². The molecule has 2 aromatic carbocycles. The van der Waals surface area contributed by atoms with E-state index in [0.717, 1.165) is 30.4 Å². The summed E-state index contributed by atoms with van der Waals surface area (Å²) in [5, 5.41) is 33.0. The molecule has 0 bridgehead atoms. The molecule has 1 heterocycles. The summed E-state index contributed by atoms with van der Waals surface area (Å²) in [6, 6.07) is 8.88. The van der Waals surface area contributed by atoms with Crippen LogP contribution < -0.4 is 37.6 Å². The third kappa shape index (κ3) is 14.0. The van der Waals surface area contributed by atoms with E-state index in [1.807, 2.05) is 12.1 Å². The van der Waals surface area contributed by atoms with Crippen molar-refractivity contribution in [3.8, 4) is 11.1 Å². The van der Waals surface area contributed by atoms with Crippen LogP contribution in [0.2, 0.25) is 0 Å². The Labute approximate surface area is 331 Å². The molecule has 307 valence electrons. The SMILES string of the molecule is CCCCc1ccc(-c2ccc(C(=O)NC(CO)C(=O)NC(C)C(=O)NCC(=O)N3CCCC3C(=O)NC(C)C(=O)NC(CC(N)=O)C(=O)NC[B]O)cc2)cc1. The maximum atomic E-state index is 13.1. The molecule has 1 radical (unpaired) electrons. The molecular weight excluding hydrogens is 739 g/mol. The molecule has 18 nitrogen and oxygen atoms in total. The number of nitrogens with zero attached hydrogens (tertiary/aromatic N) is 1. The maximum absolute atomic E-state index is 13.1. The Bertz CT molecular complexity index is 1740. The molecule has 1 aliphatic heterocycles. The molecule has 57 heavy (non-hydrogen) atoms. The van der Waals surface area contributed by atoms with Crippen molar-refractivity contribution in [2.45, 2.75) is 89.5 Å². The first-order valence-corrected chi connectivity index (χ1v) is 18.8. The van der Waals surface area contributed by atoms with E-state index >= 15 is 0 Å². The van der Waals surface area contributed by atoms with Gasteiger partial charge in [-0.1, -0.05) is 49.7 Å². The fourth-order valence-corrected chi connectivity index (χ4v) is 5.98. The molecule has 0 aliphatic carbocycles. The van der Waals surface area contributed by atoms with Gasteiger partial charge in [-0.3, -0.25) is 38.4 Å². The molecule has 1 fully saturated rings. The second kappa shape index (κ2) is 22.7. The van der Waals surface area contributed by atoms with Crippen LogP contribution in [0.3, 0.4) is 0 Å². The van der Waals surface area contributed by atoms with Gasteiger partial charge in [0.25, 0.3) is 5.91 Å². The molecule has 0 aromatic heterocycles. The number of carbonyl (C=O) groups excluding carboxylic acids is 8. The minimum absolute atomic E-state index is 0.190. The van der Waals surface area contributed by atoms with Crippen LogP contribution in [-0.4, -0.2) is 126 Å². The Balaban J connectivity index is 1.48. The predicted octanol–water partition coefficient (Wildman–Crippen LogP) is -2.05. The third-order valence-electron chi connectivity index (χ3n) is 9.26. The topological polar surface area (TPSA) is 278 Å². The number of rotatable bonds is 21. The van der Waals surface area contributed by atoms with E-state index in [1.54, 1.807) is 24.3 Å². The number of carbonyl (C=O) groups is 8. The van der Waals surface area contributed by atoms with Crippen LogP contribution in [0.25, 0.3) is 11.1 Å². The number of nitrogens with two attached hydrogens (primary N) is 1. The van der Waals surface area contributed by atoms with Crippen LogP contribution in [0.5, 0.6) is 0 Å². The smallest absolute Gasteiger partial charge is 0.308 e. The highest BCUT2D eigenvalue weighted by atomic mass is 16.3. The minimum atomic E-state index is -1.38. The summed E-state index contributed by atoms with van der Waals surface area (Å²) in [7, 11) is 0.662. The van der Waals surface area contributed by atoms with Gasteiger partial charge in [-0.05, 0) is 68.4 Å². The summed E-state index contributed by atoms with van der Waals surface area (Å²) < 4.78 is 0. The van der Waals surface area contributed by atoms with E-state index in [4.69, 9.17) is 10.8 Å². The van der Waals surface area contributed by atoms with Gasteiger partial charge in [0.1, 0.15) is 30.2 Å². The zero-order chi connectivity index (χ0) is 42.1. The Morgan fingerprint density at radius 3 is 2.04 bits per heavy atom. The number of primary amides is 1. The second-order valence-electron chi connectivity index (χ2n) is 13.7. The summed E-state index contributed by atoms with van der Waals surface area (Å²) in [5.41, 5.74) is 8.57. The summed E-state index contributed by atoms with van der Waals surface area (Å²) >= 11 is 0. The van der Waals surface area contributed by atoms with E-state index in [9.17, 15) is 43.5 Å². The lowest BCUT2D eigenvalue weighted by Gasteiger charge is -2.26. The summed E-state index contributed by atoms with van der Waals surface area (Å²) in [4.78, 5) is 103. The van der Waals surface area contributed by atoms with E-state index < -0.39 is 97.0 Å². The first-order valence-electron chi connectivity index (χ1n) is 18.8. The van der Waals surface area contributed by atoms with Gasteiger partial charge in [-0.25, -0.2) is 0 Å². The number of likely N-dealkylation sites (tertiary alicyclic amines) is 1. The largest absolute Gasteiger partial charge is 0.452 e. The van der Waals surface area contributed by atoms with Crippen LogP contribution in [-0.2, 0) is 40.0 Å². The summed E-state index contributed by atoms with van der Waals surface area (Å²) in [5.74, 6) is -5.93. The van der Waals surface area contributed by atoms with Crippen LogP contribution in [0.4, 0.5) is 0 Å². The fourth-order valence-electron chi connectivity index (χ4n) is 5.98. The number of aliphatic hydroxyl groups excluding tert-OH is 1. The molecule has 2 aromatic rings. The Hall–Kier alpha value is -5.82. The lowest BCUT2D eigenvalue weighted by atomic mass is 10.0. The van der Waals surface area contributed by atoms with Gasteiger partial charge in [0.2, 0.25) is 41.4 Å². The van der Waals surface area contributed by atoms with Crippen molar-refractivity contribution in [1.82, 2.24) is 36.8 Å². The van der Waals surface area contributed by atoms with Gasteiger partial charge in [0.05, 0.1) is 19.6 Å². The zero-order valence-corrected chi connectivity index (χ0v) is 32.3. The van der Waals surface area contributed by atoms with Gasteiger partial charge in [-0.15, -0.1) is 0 Å². The number of unbranched alkanes of at least 4 members (excludes halogenated alkanes) is 1.